The quantitative estimate of drug-likeness (QED) is 0.384. The van der Waals surface area contributed by atoms with E-state index in [0.717, 1.165) is 30.6 Å². The van der Waals surface area contributed by atoms with Crippen LogP contribution in [-0.2, 0) is 16.1 Å². The van der Waals surface area contributed by atoms with Gasteiger partial charge in [-0.2, -0.15) is 0 Å². The zero-order valence-corrected chi connectivity index (χ0v) is 21.0. The second kappa shape index (κ2) is 12.2. The Kier molecular flexibility index (Phi) is 9.60. The van der Waals surface area contributed by atoms with E-state index in [1.807, 2.05) is 19.1 Å². The molecule has 1 aliphatic carbocycles. The fraction of sp³-hybridized carbons (Fsp3) is 0.417. The molecule has 172 valence electrons. The van der Waals surface area contributed by atoms with Crippen LogP contribution in [0.3, 0.4) is 0 Å². The number of hydrogen-bond donors (Lipinski definition) is 1. The molecule has 1 aliphatic rings. The lowest BCUT2D eigenvalue weighted by atomic mass is 10.1. The molecule has 0 heterocycles. The summed E-state index contributed by atoms with van der Waals surface area (Å²) < 4.78 is 0. The van der Waals surface area contributed by atoms with Gasteiger partial charge in [0.2, 0.25) is 11.8 Å². The molecule has 0 aliphatic heterocycles. The molecule has 8 heteroatoms. The van der Waals surface area contributed by atoms with Crippen LogP contribution >= 0.6 is 46.6 Å². The monoisotopic (exact) mass is 512 g/mol. The van der Waals surface area contributed by atoms with E-state index in [9.17, 15) is 9.59 Å². The predicted octanol–water partition coefficient (Wildman–Crippen LogP) is 6.61. The van der Waals surface area contributed by atoms with Crippen LogP contribution in [0.15, 0.2) is 47.4 Å². The first-order valence-corrected chi connectivity index (χ1v) is 12.9. The lowest BCUT2D eigenvalue weighted by Gasteiger charge is -2.32. The summed E-state index contributed by atoms with van der Waals surface area (Å²) in [5, 5.41) is 4.74. The summed E-state index contributed by atoms with van der Waals surface area (Å²) in [5.41, 5.74) is 0.646. The number of thioether (sulfide) groups is 1. The number of carbonyl (C=O) groups is 2. The summed E-state index contributed by atoms with van der Waals surface area (Å²) in [5.74, 6) is -0.0709. The first-order chi connectivity index (χ1) is 15.4. The number of nitrogens with one attached hydrogen (secondary N) is 1. The number of halogens is 3. The van der Waals surface area contributed by atoms with Crippen LogP contribution in [0.25, 0.3) is 0 Å². The highest BCUT2D eigenvalue weighted by Gasteiger charge is 2.31. The fourth-order valence-corrected chi connectivity index (χ4v) is 5.33. The topological polar surface area (TPSA) is 49.4 Å². The van der Waals surface area contributed by atoms with Gasteiger partial charge >= 0.3 is 0 Å². The maximum Gasteiger partial charge on any atom is 0.243 e. The molecule has 1 saturated carbocycles. The van der Waals surface area contributed by atoms with Crippen molar-refractivity contribution in [1.29, 1.82) is 0 Å². The minimum atomic E-state index is -0.596. The third-order valence-electron chi connectivity index (χ3n) is 5.65. The minimum Gasteiger partial charge on any atom is -0.352 e. The summed E-state index contributed by atoms with van der Waals surface area (Å²) in [7, 11) is 0. The molecule has 2 aromatic carbocycles. The van der Waals surface area contributed by atoms with E-state index in [-0.39, 0.29) is 30.2 Å². The van der Waals surface area contributed by atoms with Crippen molar-refractivity contribution < 1.29 is 9.59 Å². The van der Waals surface area contributed by atoms with Gasteiger partial charge in [0.1, 0.15) is 6.04 Å². The van der Waals surface area contributed by atoms with Crippen LogP contribution in [0, 0.1) is 0 Å². The maximum atomic E-state index is 13.4. The van der Waals surface area contributed by atoms with E-state index < -0.39 is 6.04 Å². The molecule has 3 rings (SSSR count). The molecule has 0 bridgehead atoms. The highest BCUT2D eigenvalue weighted by Crippen LogP contribution is 2.28. The Labute approximate surface area is 209 Å². The van der Waals surface area contributed by atoms with Crippen LogP contribution in [0.1, 0.15) is 44.6 Å². The molecule has 0 unspecified atom stereocenters. The van der Waals surface area contributed by atoms with Gasteiger partial charge in [-0.15, -0.1) is 11.8 Å². The standard InChI is InChI=1S/C24H27Cl3N2O2S/c1-2-22(24(31)28-17-6-3-4-7-17)29(14-19-20(26)8-5-9-21(19)27)23(30)15-32-18-12-10-16(25)11-13-18/h5,8-13,17,22H,2-4,6-7,14-15H2,1H3,(H,28,31)/t22-/m0/s1. The van der Waals surface area contributed by atoms with Gasteiger partial charge in [0.15, 0.2) is 0 Å². The maximum absolute atomic E-state index is 13.4. The van der Waals surface area contributed by atoms with E-state index in [0.29, 0.717) is 27.1 Å². The summed E-state index contributed by atoms with van der Waals surface area (Å²) >= 11 is 20.1. The Morgan fingerprint density at radius 2 is 1.69 bits per heavy atom. The van der Waals surface area contributed by atoms with Crippen molar-refractivity contribution in [3.8, 4) is 0 Å². The molecule has 1 fully saturated rings. The van der Waals surface area contributed by atoms with Gasteiger partial charge in [0, 0.05) is 38.1 Å². The Morgan fingerprint density at radius 3 is 2.28 bits per heavy atom. The van der Waals surface area contributed by atoms with Crippen LogP contribution in [-0.4, -0.2) is 34.6 Å². The number of amides is 2. The molecular formula is C24H27Cl3N2O2S. The summed E-state index contributed by atoms with van der Waals surface area (Å²) in [4.78, 5) is 29.1. The van der Waals surface area contributed by atoms with Gasteiger partial charge in [-0.1, -0.05) is 60.6 Å². The number of nitrogens with zero attached hydrogens (tertiary/aromatic N) is 1. The van der Waals surface area contributed by atoms with Gasteiger partial charge < -0.3 is 10.2 Å². The van der Waals surface area contributed by atoms with Crippen LogP contribution < -0.4 is 5.32 Å². The first kappa shape index (κ1) is 25.2. The normalized spacial score (nSPS) is 14.9. The zero-order chi connectivity index (χ0) is 23.1. The van der Waals surface area contributed by atoms with Crippen molar-refractivity contribution in [2.75, 3.05) is 5.75 Å². The molecule has 0 radical (unpaired) electrons. The summed E-state index contributed by atoms with van der Waals surface area (Å²) in [6.45, 7) is 2.09. The first-order valence-electron chi connectivity index (χ1n) is 10.8. The van der Waals surface area contributed by atoms with E-state index in [1.54, 1.807) is 35.2 Å². The van der Waals surface area contributed by atoms with Gasteiger partial charge in [-0.25, -0.2) is 0 Å². The van der Waals surface area contributed by atoms with Crippen LogP contribution in [0.2, 0.25) is 15.1 Å². The second-order valence-corrected chi connectivity index (χ2v) is 10.2. The molecular weight excluding hydrogens is 487 g/mol. The molecule has 4 nitrogen and oxygen atoms in total. The Balaban J connectivity index is 1.80. The number of benzene rings is 2. The second-order valence-electron chi connectivity index (χ2n) is 7.88. The Hall–Kier alpha value is -1.40. The Morgan fingerprint density at radius 1 is 1.06 bits per heavy atom. The summed E-state index contributed by atoms with van der Waals surface area (Å²) in [6, 6.07) is 12.2. The third-order valence-corrected chi connectivity index (χ3v) is 7.61. The molecule has 2 amide bonds. The van der Waals surface area contributed by atoms with Crippen molar-refractivity contribution in [3.63, 3.8) is 0 Å². The van der Waals surface area contributed by atoms with E-state index in [1.165, 1.54) is 11.8 Å². The molecule has 32 heavy (non-hydrogen) atoms. The van der Waals surface area contributed by atoms with Crippen molar-refractivity contribution in [3.05, 3.63) is 63.1 Å². The largest absolute Gasteiger partial charge is 0.352 e. The molecule has 0 spiro atoms. The lowest BCUT2D eigenvalue weighted by Crippen LogP contribution is -2.51. The highest BCUT2D eigenvalue weighted by molar-refractivity contribution is 8.00. The number of carbonyl (C=O) groups excluding carboxylic acids is 2. The van der Waals surface area contributed by atoms with Crippen LogP contribution in [0.5, 0.6) is 0 Å². The van der Waals surface area contributed by atoms with E-state index in [2.05, 4.69) is 5.32 Å². The van der Waals surface area contributed by atoms with Gasteiger partial charge in [0.25, 0.3) is 0 Å². The fourth-order valence-electron chi connectivity index (χ4n) is 3.90. The molecule has 2 aromatic rings. The predicted molar refractivity (Wildman–Crippen MR) is 134 cm³/mol. The van der Waals surface area contributed by atoms with Crippen LogP contribution in [0.4, 0.5) is 0 Å². The Bertz CT molecular complexity index is 913. The minimum absolute atomic E-state index is 0.118. The molecule has 1 atom stereocenters. The summed E-state index contributed by atoms with van der Waals surface area (Å²) in [6.07, 6.45) is 4.71. The lowest BCUT2D eigenvalue weighted by molar-refractivity contribution is -0.139. The molecule has 1 N–H and O–H groups in total. The van der Waals surface area contributed by atoms with Crippen molar-refractivity contribution in [2.24, 2.45) is 0 Å². The average Bonchev–Trinajstić information content (AvgIpc) is 3.28. The average molecular weight is 514 g/mol. The molecule has 0 aromatic heterocycles. The molecule has 0 saturated heterocycles. The number of rotatable bonds is 9. The SMILES string of the molecule is CC[C@@H](C(=O)NC1CCCC1)N(Cc1c(Cl)cccc1Cl)C(=O)CSc1ccc(Cl)cc1. The van der Waals surface area contributed by atoms with Crippen molar-refractivity contribution in [2.45, 2.75) is 62.6 Å². The van der Waals surface area contributed by atoms with Gasteiger partial charge in [-0.05, 0) is 55.7 Å². The van der Waals surface area contributed by atoms with Gasteiger partial charge in [-0.3, -0.25) is 9.59 Å². The van der Waals surface area contributed by atoms with E-state index in [4.69, 9.17) is 34.8 Å². The van der Waals surface area contributed by atoms with Gasteiger partial charge in [0.05, 0.1) is 5.75 Å². The van der Waals surface area contributed by atoms with E-state index >= 15 is 0 Å². The van der Waals surface area contributed by atoms with Crippen molar-refractivity contribution >= 4 is 58.4 Å². The smallest absolute Gasteiger partial charge is 0.243 e. The number of hydrogen-bond acceptors (Lipinski definition) is 3. The third kappa shape index (κ3) is 6.80. The zero-order valence-electron chi connectivity index (χ0n) is 18.0. The van der Waals surface area contributed by atoms with Crippen molar-refractivity contribution in [1.82, 2.24) is 10.2 Å². The highest BCUT2D eigenvalue weighted by atomic mass is 35.5.